The Morgan fingerprint density at radius 3 is 2.47 bits per heavy atom. The molecular weight excluding hydrogens is 216 g/mol. The third-order valence-corrected chi connectivity index (χ3v) is 2.13. The minimum absolute atomic E-state index is 0.0909. The third kappa shape index (κ3) is 3.83. The highest BCUT2D eigenvalue weighted by Gasteiger charge is 2.11. The minimum atomic E-state index is -0.495. The van der Waals surface area contributed by atoms with Gasteiger partial charge in [0.25, 0.3) is 0 Å². The topological polar surface area (TPSA) is 51.0 Å². The van der Waals surface area contributed by atoms with Gasteiger partial charge in [0.05, 0.1) is 6.61 Å². The first-order valence-corrected chi connectivity index (χ1v) is 5.43. The van der Waals surface area contributed by atoms with E-state index >= 15 is 0 Å². The molecule has 0 heterocycles. The molecule has 0 fully saturated rings. The summed E-state index contributed by atoms with van der Waals surface area (Å²) < 4.78 is 4.85. The second kappa shape index (κ2) is 6.58. The summed E-state index contributed by atoms with van der Waals surface area (Å²) in [6.07, 6.45) is 0. The summed E-state index contributed by atoms with van der Waals surface area (Å²) in [5.74, 6) is -0.404. The van der Waals surface area contributed by atoms with Crippen molar-refractivity contribution in [3.8, 4) is 0 Å². The fourth-order valence-corrected chi connectivity index (χ4v) is 1.29. The SMILES string of the molecule is CCOC(=O)C(=N/C)/N=C(\C)c1ccccc1. The number of rotatable bonds is 2. The molecule has 1 aromatic carbocycles. The van der Waals surface area contributed by atoms with Gasteiger partial charge in [0.1, 0.15) is 0 Å². The second-order valence-electron chi connectivity index (χ2n) is 3.33. The van der Waals surface area contributed by atoms with E-state index in [9.17, 15) is 4.79 Å². The fourth-order valence-electron chi connectivity index (χ4n) is 1.29. The van der Waals surface area contributed by atoms with Crippen LogP contribution in [0.15, 0.2) is 40.3 Å². The van der Waals surface area contributed by atoms with Crippen LogP contribution in [0, 0.1) is 0 Å². The van der Waals surface area contributed by atoms with Gasteiger partial charge in [-0.05, 0) is 19.4 Å². The molecule has 0 N–H and O–H groups in total. The highest BCUT2D eigenvalue weighted by Crippen LogP contribution is 2.02. The number of hydrogen-bond acceptors (Lipinski definition) is 3. The van der Waals surface area contributed by atoms with Crippen LogP contribution in [0.4, 0.5) is 0 Å². The van der Waals surface area contributed by atoms with Gasteiger partial charge in [0.15, 0.2) is 0 Å². The summed E-state index contributed by atoms with van der Waals surface area (Å²) in [5, 5.41) is 0. The van der Waals surface area contributed by atoms with Crippen LogP contribution in [0.25, 0.3) is 0 Å². The van der Waals surface area contributed by atoms with Crippen molar-refractivity contribution >= 4 is 17.5 Å². The van der Waals surface area contributed by atoms with Crippen LogP contribution < -0.4 is 0 Å². The van der Waals surface area contributed by atoms with Crippen LogP contribution in [0.1, 0.15) is 19.4 Å². The molecule has 0 aliphatic carbocycles. The molecule has 4 nitrogen and oxygen atoms in total. The Morgan fingerprint density at radius 1 is 1.29 bits per heavy atom. The maximum atomic E-state index is 11.5. The van der Waals surface area contributed by atoms with E-state index in [1.807, 2.05) is 37.3 Å². The molecule has 0 bridgehead atoms. The quantitative estimate of drug-likeness (QED) is 0.445. The van der Waals surface area contributed by atoms with E-state index in [4.69, 9.17) is 4.74 Å². The largest absolute Gasteiger partial charge is 0.460 e. The Labute approximate surface area is 101 Å². The first kappa shape index (κ1) is 13.1. The molecular formula is C13H16N2O2. The molecule has 0 saturated heterocycles. The van der Waals surface area contributed by atoms with Gasteiger partial charge < -0.3 is 4.74 Å². The Balaban J connectivity index is 2.90. The average molecular weight is 232 g/mol. The van der Waals surface area contributed by atoms with E-state index in [1.54, 1.807) is 6.92 Å². The molecule has 17 heavy (non-hydrogen) atoms. The van der Waals surface area contributed by atoms with E-state index in [0.29, 0.717) is 6.61 Å². The zero-order valence-corrected chi connectivity index (χ0v) is 10.3. The normalized spacial score (nSPS) is 12.4. The zero-order valence-electron chi connectivity index (χ0n) is 10.3. The number of amidine groups is 1. The second-order valence-corrected chi connectivity index (χ2v) is 3.33. The molecule has 0 aromatic heterocycles. The monoisotopic (exact) mass is 232 g/mol. The zero-order chi connectivity index (χ0) is 12.7. The van der Waals surface area contributed by atoms with Gasteiger partial charge in [-0.2, -0.15) is 0 Å². The Hall–Kier alpha value is -1.97. The fraction of sp³-hybridized carbons (Fsp3) is 0.308. The van der Waals surface area contributed by atoms with Crippen molar-refractivity contribution in [3.63, 3.8) is 0 Å². The van der Waals surface area contributed by atoms with Gasteiger partial charge in [-0.25, -0.2) is 9.79 Å². The van der Waals surface area contributed by atoms with E-state index in [0.717, 1.165) is 11.3 Å². The average Bonchev–Trinajstić information content (AvgIpc) is 2.37. The predicted octanol–water partition coefficient (Wildman–Crippen LogP) is 2.09. The molecule has 0 amide bonds. The molecule has 0 saturated carbocycles. The number of nitrogens with zero attached hydrogens (tertiary/aromatic N) is 2. The molecule has 0 radical (unpaired) electrons. The van der Waals surface area contributed by atoms with Crippen LogP contribution in [-0.4, -0.2) is 31.2 Å². The number of esters is 1. The number of aliphatic imine (C=N–C) groups is 2. The predicted molar refractivity (Wildman–Crippen MR) is 68.6 cm³/mol. The summed E-state index contributed by atoms with van der Waals surface area (Å²) in [6, 6.07) is 9.62. The van der Waals surface area contributed by atoms with Crippen molar-refractivity contribution in [2.45, 2.75) is 13.8 Å². The van der Waals surface area contributed by atoms with Crippen LogP contribution in [0.3, 0.4) is 0 Å². The summed E-state index contributed by atoms with van der Waals surface area (Å²) in [5.41, 5.74) is 1.69. The number of benzene rings is 1. The lowest BCUT2D eigenvalue weighted by molar-refractivity contribution is -0.135. The van der Waals surface area contributed by atoms with E-state index < -0.39 is 5.97 Å². The van der Waals surface area contributed by atoms with Crippen LogP contribution in [0.2, 0.25) is 0 Å². The lowest BCUT2D eigenvalue weighted by Crippen LogP contribution is -2.17. The summed E-state index contributed by atoms with van der Waals surface area (Å²) in [6.45, 7) is 3.90. The number of ether oxygens (including phenoxy) is 1. The van der Waals surface area contributed by atoms with Gasteiger partial charge in [0.2, 0.25) is 5.84 Å². The van der Waals surface area contributed by atoms with E-state index in [-0.39, 0.29) is 5.84 Å². The van der Waals surface area contributed by atoms with Crippen LogP contribution >= 0.6 is 0 Å². The maximum Gasteiger partial charge on any atom is 0.375 e. The summed E-state index contributed by atoms with van der Waals surface area (Å²) >= 11 is 0. The Bertz CT molecular complexity index is 436. The Kier molecular flexibility index (Phi) is 5.07. The summed E-state index contributed by atoms with van der Waals surface area (Å²) in [4.78, 5) is 19.5. The summed E-state index contributed by atoms with van der Waals surface area (Å²) in [7, 11) is 1.52. The molecule has 0 aliphatic heterocycles. The molecule has 0 atom stereocenters. The molecule has 1 rings (SSSR count). The van der Waals surface area contributed by atoms with Crippen molar-refractivity contribution in [3.05, 3.63) is 35.9 Å². The van der Waals surface area contributed by atoms with Gasteiger partial charge in [-0.15, -0.1) is 0 Å². The molecule has 1 aromatic rings. The van der Waals surface area contributed by atoms with Crippen molar-refractivity contribution in [2.75, 3.05) is 13.7 Å². The molecule has 90 valence electrons. The van der Waals surface area contributed by atoms with Gasteiger partial charge in [-0.1, -0.05) is 30.3 Å². The first-order chi connectivity index (χ1) is 8.19. The van der Waals surface area contributed by atoms with Gasteiger partial charge in [0, 0.05) is 12.8 Å². The van der Waals surface area contributed by atoms with Gasteiger partial charge >= 0.3 is 5.97 Å². The lowest BCUT2D eigenvalue weighted by Gasteiger charge is -2.03. The van der Waals surface area contributed by atoms with E-state index in [1.165, 1.54) is 7.05 Å². The highest BCUT2D eigenvalue weighted by atomic mass is 16.5. The third-order valence-electron chi connectivity index (χ3n) is 2.13. The highest BCUT2D eigenvalue weighted by molar-refractivity contribution is 6.38. The van der Waals surface area contributed by atoms with Crippen LogP contribution in [-0.2, 0) is 9.53 Å². The van der Waals surface area contributed by atoms with Crippen LogP contribution in [0.5, 0.6) is 0 Å². The van der Waals surface area contributed by atoms with E-state index in [2.05, 4.69) is 9.98 Å². The van der Waals surface area contributed by atoms with Crippen molar-refractivity contribution in [1.82, 2.24) is 0 Å². The molecule has 0 spiro atoms. The lowest BCUT2D eigenvalue weighted by atomic mass is 10.1. The van der Waals surface area contributed by atoms with Crippen molar-refractivity contribution in [1.29, 1.82) is 0 Å². The number of carbonyl (C=O) groups is 1. The number of hydrogen-bond donors (Lipinski definition) is 0. The number of carbonyl (C=O) groups excluding carboxylic acids is 1. The first-order valence-electron chi connectivity index (χ1n) is 5.43. The van der Waals surface area contributed by atoms with Crippen molar-refractivity contribution in [2.24, 2.45) is 9.98 Å². The molecule has 0 unspecified atom stereocenters. The maximum absolute atomic E-state index is 11.5. The van der Waals surface area contributed by atoms with Gasteiger partial charge in [-0.3, -0.25) is 4.99 Å². The minimum Gasteiger partial charge on any atom is -0.460 e. The smallest absolute Gasteiger partial charge is 0.375 e. The van der Waals surface area contributed by atoms with Crippen molar-refractivity contribution < 1.29 is 9.53 Å². The molecule has 4 heteroatoms. The molecule has 0 aliphatic rings. The standard InChI is InChI=1S/C13H16N2O2/c1-4-17-13(16)12(14-3)15-10(2)11-8-6-5-7-9-11/h5-9H,4H2,1-3H3/b14-12-,15-10+. The Morgan fingerprint density at radius 2 is 1.94 bits per heavy atom.